The molecule has 1 heteroatoms. The fourth-order valence-corrected chi connectivity index (χ4v) is 5.00. The van der Waals surface area contributed by atoms with Crippen LogP contribution in [0.4, 0.5) is 5.69 Å². The largest absolute Gasteiger partial charge is 0.399 e. The van der Waals surface area contributed by atoms with Gasteiger partial charge in [0.05, 0.1) is 0 Å². The highest BCUT2D eigenvalue weighted by Gasteiger charge is 2.56. The third-order valence-corrected chi connectivity index (χ3v) is 5.45. The van der Waals surface area contributed by atoms with Crippen molar-refractivity contribution >= 4 is 5.69 Å². The Morgan fingerprint density at radius 2 is 1.56 bits per heavy atom. The zero-order chi connectivity index (χ0) is 10.8. The van der Waals surface area contributed by atoms with Crippen LogP contribution < -0.4 is 5.73 Å². The molecule has 1 nitrogen and oxygen atoms in total. The summed E-state index contributed by atoms with van der Waals surface area (Å²) in [6.45, 7) is 0. The Kier molecular flexibility index (Phi) is 1.60. The number of hydrogen-bond donors (Lipinski definition) is 1. The van der Waals surface area contributed by atoms with Crippen molar-refractivity contribution in [2.24, 2.45) is 17.8 Å². The van der Waals surface area contributed by atoms with Gasteiger partial charge in [0.2, 0.25) is 0 Å². The zero-order valence-electron chi connectivity index (χ0n) is 9.65. The zero-order valence-corrected chi connectivity index (χ0v) is 9.65. The van der Waals surface area contributed by atoms with E-state index < -0.39 is 0 Å². The van der Waals surface area contributed by atoms with Crippen LogP contribution >= 0.6 is 0 Å². The van der Waals surface area contributed by atoms with E-state index in [0.29, 0.717) is 5.41 Å². The van der Waals surface area contributed by atoms with E-state index in [1.54, 1.807) is 5.56 Å². The van der Waals surface area contributed by atoms with Crippen molar-refractivity contribution in [3.63, 3.8) is 0 Å². The Labute approximate surface area is 97.0 Å². The molecule has 0 spiro atoms. The number of rotatable bonds is 1. The summed E-state index contributed by atoms with van der Waals surface area (Å²) in [6.07, 6.45) is 7.42. The minimum absolute atomic E-state index is 0.546. The summed E-state index contributed by atoms with van der Waals surface area (Å²) in [4.78, 5) is 0. The minimum Gasteiger partial charge on any atom is -0.399 e. The van der Waals surface area contributed by atoms with E-state index in [-0.39, 0.29) is 0 Å². The standard InChI is InChI=1S/C15H19N/c16-14-3-1-13(2-4-14)15-7-10-5-11(8-15)12(6-10)9-15/h1-4,10-12H,5-9,16H2. The van der Waals surface area contributed by atoms with Gasteiger partial charge < -0.3 is 5.73 Å². The lowest BCUT2D eigenvalue weighted by atomic mass is 9.66. The monoisotopic (exact) mass is 213 g/mol. The molecular weight excluding hydrogens is 194 g/mol. The van der Waals surface area contributed by atoms with Crippen LogP contribution in [0.15, 0.2) is 24.3 Å². The lowest BCUT2D eigenvalue weighted by Gasteiger charge is -2.39. The lowest BCUT2D eigenvalue weighted by molar-refractivity contribution is 0.229. The SMILES string of the molecule is Nc1ccc(C23CC4CC(C2)C(C4)C3)cc1. The molecule has 4 aliphatic carbocycles. The smallest absolute Gasteiger partial charge is 0.0314 e. The number of nitrogen functional groups attached to an aromatic ring is 1. The van der Waals surface area contributed by atoms with Crippen LogP contribution in [0, 0.1) is 17.8 Å². The maximum absolute atomic E-state index is 5.79. The normalized spacial score (nSPS) is 44.1. The summed E-state index contributed by atoms with van der Waals surface area (Å²) >= 11 is 0. The number of hydrogen-bond acceptors (Lipinski definition) is 1. The molecule has 0 heterocycles. The third-order valence-electron chi connectivity index (χ3n) is 5.45. The second-order valence-corrected chi connectivity index (χ2v) is 6.37. The average Bonchev–Trinajstić information content (AvgIpc) is 2.68. The average molecular weight is 213 g/mol. The Morgan fingerprint density at radius 1 is 0.938 bits per heavy atom. The van der Waals surface area contributed by atoms with E-state index in [4.69, 9.17) is 5.73 Å². The maximum atomic E-state index is 5.79. The van der Waals surface area contributed by atoms with Gasteiger partial charge in [0.25, 0.3) is 0 Å². The molecule has 4 saturated carbocycles. The first-order chi connectivity index (χ1) is 7.75. The predicted molar refractivity (Wildman–Crippen MR) is 66.1 cm³/mol. The van der Waals surface area contributed by atoms with Crippen molar-refractivity contribution in [2.45, 2.75) is 37.5 Å². The van der Waals surface area contributed by atoms with Gasteiger partial charge in [-0.2, -0.15) is 0 Å². The molecule has 2 atom stereocenters. The highest BCUT2D eigenvalue weighted by Crippen LogP contribution is 2.64. The molecule has 4 fully saturated rings. The third kappa shape index (κ3) is 1.07. The van der Waals surface area contributed by atoms with E-state index in [2.05, 4.69) is 24.3 Å². The van der Waals surface area contributed by atoms with Gasteiger partial charge >= 0.3 is 0 Å². The first-order valence-electron chi connectivity index (χ1n) is 6.61. The van der Waals surface area contributed by atoms with Crippen LogP contribution in [-0.4, -0.2) is 0 Å². The van der Waals surface area contributed by atoms with Gasteiger partial charge in [-0.25, -0.2) is 0 Å². The van der Waals surface area contributed by atoms with E-state index in [1.807, 2.05) is 0 Å². The van der Waals surface area contributed by atoms with Crippen LogP contribution in [-0.2, 0) is 5.41 Å². The summed E-state index contributed by atoms with van der Waals surface area (Å²) in [5.41, 5.74) is 8.80. The fourth-order valence-electron chi connectivity index (χ4n) is 5.00. The van der Waals surface area contributed by atoms with E-state index >= 15 is 0 Å². The number of anilines is 1. The lowest BCUT2D eigenvalue weighted by Crippen LogP contribution is -2.31. The molecule has 0 saturated heterocycles. The molecule has 0 aliphatic heterocycles. The van der Waals surface area contributed by atoms with Crippen molar-refractivity contribution in [1.82, 2.24) is 0 Å². The molecule has 16 heavy (non-hydrogen) atoms. The molecule has 4 aliphatic rings. The Balaban J connectivity index is 1.75. The van der Waals surface area contributed by atoms with Gasteiger partial charge in [0.1, 0.15) is 0 Å². The maximum Gasteiger partial charge on any atom is 0.0314 e. The van der Waals surface area contributed by atoms with Gasteiger partial charge in [0, 0.05) is 5.69 Å². The van der Waals surface area contributed by atoms with Crippen LogP contribution in [0.2, 0.25) is 0 Å². The molecule has 0 radical (unpaired) electrons. The highest BCUT2D eigenvalue weighted by atomic mass is 14.6. The number of benzene rings is 1. The Bertz CT molecular complexity index is 400. The summed E-state index contributed by atoms with van der Waals surface area (Å²) in [5, 5.41) is 0. The van der Waals surface area contributed by atoms with Crippen LogP contribution in [0.1, 0.15) is 37.7 Å². The first-order valence-corrected chi connectivity index (χ1v) is 6.61. The van der Waals surface area contributed by atoms with Crippen molar-refractivity contribution in [3.8, 4) is 0 Å². The molecule has 2 unspecified atom stereocenters. The van der Waals surface area contributed by atoms with E-state index in [0.717, 1.165) is 23.4 Å². The van der Waals surface area contributed by atoms with Crippen LogP contribution in [0.25, 0.3) is 0 Å². The topological polar surface area (TPSA) is 26.0 Å². The van der Waals surface area contributed by atoms with Gasteiger partial charge in [-0.3, -0.25) is 0 Å². The number of nitrogens with two attached hydrogens (primary N) is 1. The summed E-state index contributed by atoms with van der Waals surface area (Å²) < 4.78 is 0. The van der Waals surface area contributed by atoms with Gasteiger partial charge in [-0.15, -0.1) is 0 Å². The van der Waals surface area contributed by atoms with Crippen LogP contribution in [0.5, 0.6) is 0 Å². The van der Waals surface area contributed by atoms with Crippen molar-refractivity contribution in [2.75, 3.05) is 5.73 Å². The Morgan fingerprint density at radius 3 is 2.12 bits per heavy atom. The van der Waals surface area contributed by atoms with Gasteiger partial charge in [-0.1, -0.05) is 12.1 Å². The quantitative estimate of drug-likeness (QED) is 0.711. The molecule has 1 aromatic carbocycles. The summed E-state index contributed by atoms with van der Waals surface area (Å²) in [7, 11) is 0. The van der Waals surface area contributed by atoms with Crippen molar-refractivity contribution < 1.29 is 0 Å². The predicted octanol–water partition coefficient (Wildman–Crippen LogP) is 3.35. The molecular formula is C15H19N. The fraction of sp³-hybridized carbons (Fsp3) is 0.600. The summed E-state index contributed by atoms with van der Waals surface area (Å²) in [5.74, 6) is 3.14. The Hall–Kier alpha value is -0.980. The molecule has 1 aromatic rings. The van der Waals surface area contributed by atoms with E-state index in [1.165, 1.54) is 32.1 Å². The molecule has 84 valence electrons. The minimum atomic E-state index is 0.546. The highest BCUT2D eigenvalue weighted by molar-refractivity contribution is 5.42. The molecule has 0 aromatic heterocycles. The summed E-state index contributed by atoms with van der Waals surface area (Å²) in [6, 6.07) is 8.72. The van der Waals surface area contributed by atoms with E-state index in [9.17, 15) is 0 Å². The first kappa shape index (κ1) is 9.09. The molecule has 0 amide bonds. The van der Waals surface area contributed by atoms with Crippen molar-refractivity contribution in [1.29, 1.82) is 0 Å². The second-order valence-electron chi connectivity index (χ2n) is 6.37. The molecule has 4 bridgehead atoms. The van der Waals surface area contributed by atoms with Gasteiger partial charge in [-0.05, 0) is 73.0 Å². The second kappa shape index (κ2) is 2.82. The van der Waals surface area contributed by atoms with Crippen molar-refractivity contribution in [3.05, 3.63) is 29.8 Å². The van der Waals surface area contributed by atoms with Crippen LogP contribution in [0.3, 0.4) is 0 Å². The van der Waals surface area contributed by atoms with Gasteiger partial charge in [0.15, 0.2) is 0 Å². The molecule has 5 rings (SSSR count). The molecule has 2 N–H and O–H groups in total.